The molecular formula is C19H22ClN3O4S. The van der Waals surface area contributed by atoms with Gasteiger partial charge < -0.3 is 10.1 Å². The maximum atomic E-state index is 13.1. The molecule has 3 rings (SSSR count). The number of benzene rings is 1. The molecule has 150 valence electrons. The smallest absolute Gasteiger partial charge is 0.246 e. The second-order valence-electron chi connectivity index (χ2n) is 6.57. The fraction of sp³-hybridized carbons (Fsp3) is 0.368. The Bertz CT molecular complexity index is 937. The number of nitrogens with one attached hydrogen (secondary N) is 1. The van der Waals surface area contributed by atoms with Crippen molar-refractivity contribution in [1.82, 2.24) is 14.6 Å². The summed E-state index contributed by atoms with van der Waals surface area (Å²) < 4.78 is 32.8. The van der Waals surface area contributed by atoms with Gasteiger partial charge in [-0.2, -0.15) is 4.31 Å². The van der Waals surface area contributed by atoms with E-state index in [0.717, 1.165) is 5.56 Å². The van der Waals surface area contributed by atoms with Crippen molar-refractivity contribution < 1.29 is 17.9 Å². The fourth-order valence-corrected chi connectivity index (χ4v) is 5.14. The number of halogens is 1. The summed E-state index contributed by atoms with van der Waals surface area (Å²) in [7, 11) is -2.41. The number of rotatable bonds is 6. The minimum atomic E-state index is -3.83. The Morgan fingerprint density at radius 2 is 2.07 bits per heavy atom. The van der Waals surface area contributed by atoms with Crippen LogP contribution in [0.3, 0.4) is 0 Å². The second kappa shape index (κ2) is 8.89. The van der Waals surface area contributed by atoms with Gasteiger partial charge >= 0.3 is 0 Å². The van der Waals surface area contributed by atoms with Crippen molar-refractivity contribution in [3.05, 3.63) is 53.3 Å². The lowest BCUT2D eigenvalue weighted by atomic mass is 9.99. The number of carbonyl (C=O) groups is 1. The van der Waals surface area contributed by atoms with Gasteiger partial charge in [-0.05, 0) is 48.7 Å². The summed E-state index contributed by atoms with van der Waals surface area (Å²) in [5.41, 5.74) is 0.937. The average Bonchev–Trinajstić information content (AvgIpc) is 2.72. The number of hydrogen-bond donors (Lipinski definition) is 1. The van der Waals surface area contributed by atoms with Crippen molar-refractivity contribution in [2.45, 2.75) is 24.3 Å². The number of aromatic nitrogens is 1. The van der Waals surface area contributed by atoms with E-state index in [0.29, 0.717) is 31.0 Å². The summed E-state index contributed by atoms with van der Waals surface area (Å²) in [5, 5.41) is 3.19. The van der Waals surface area contributed by atoms with Gasteiger partial charge in [-0.1, -0.05) is 11.6 Å². The van der Waals surface area contributed by atoms with E-state index in [-0.39, 0.29) is 23.1 Å². The van der Waals surface area contributed by atoms with Gasteiger partial charge in [0, 0.05) is 37.1 Å². The molecule has 0 saturated carbocycles. The van der Waals surface area contributed by atoms with Gasteiger partial charge in [0.2, 0.25) is 15.9 Å². The van der Waals surface area contributed by atoms with Crippen molar-refractivity contribution in [3.63, 3.8) is 0 Å². The Morgan fingerprint density at radius 3 is 2.79 bits per heavy atom. The Hall–Kier alpha value is -2.16. The van der Waals surface area contributed by atoms with E-state index in [1.165, 1.54) is 23.5 Å². The van der Waals surface area contributed by atoms with Crippen LogP contribution >= 0.6 is 11.6 Å². The normalized spacial score (nSPS) is 17.9. The van der Waals surface area contributed by atoms with E-state index in [1.54, 1.807) is 18.5 Å². The molecule has 0 radical (unpaired) electrons. The van der Waals surface area contributed by atoms with Crippen LogP contribution in [0.2, 0.25) is 5.02 Å². The first-order valence-electron chi connectivity index (χ1n) is 8.92. The standard InChI is InChI=1S/C19H22ClN3O4S/c1-27-17-5-4-16(20)11-18(17)28(25,26)23-10-2-3-15(13-23)19(24)22-12-14-6-8-21-9-7-14/h4-9,11,15H,2-3,10,12-13H2,1H3,(H,22,24)/t15-/m0/s1. The molecule has 1 aromatic heterocycles. The van der Waals surface area contributed by atoms with Gasteiger partial charge in [-0.3, -0.25) is 9.78 Å². The van der Waals surface area contributed by atoms with Crippen molar-refractivity contribution in [2.24, 2.45) is 5.92 Å². The van der Waals surface area contributed by atoms with Gasteiger partial charge in [0.15, 0.2) is 0 Å². The summed E-state index contributed by atoms with van der Waals surface area (Å²) in [6.07, 6.45) is 4.57. The third kappa shape index (κ3) is 4.63. The lowest BCUT2D eigenvalue weighted by molar-refractivity contribution is -0.126. The molecule has 2 heterocycles. The fourth-order valence-electron chi connectivity index (χ4n) is 3.20. The number of pyridine rings is 1. The molecule has 1 saturated heterocycles. The molecular weight excluding hydrogens is 402 g/mol. The minimum absolute atomic E-state index is 0.0142. The van der Waals surface area contributed by atoms with E-state index in [1.807, 2.05) is 12.1 Å². The molecule has 7 nitrogen and oxygen atoms in total. The van der Waals surface area contributed by atoms with Crippen molar-refractivity contribution in [1.29, 1.82) is 0 Å². The number of amides is 1. The van der Waals surface area contributed by atoms with Gasteiger partial charge in [0.25, 0.3) is 0 Å². The SMILES string of the molecule is COc1ccc(Cl)cc1S(=O)(=O)N1CCC[C@H](C(=O)NCc2ccncc2)C1. The number of piperidine rings is 1. The minimum Gasteiger partial charge on any atom is -0.495 e. The molecule has 1 amide bonds. The predicted molar refractivity (Wildman–Crippen MR) is 106 cm³/mol. The quantitative estimate of drug-likeness (QED) is 0.770. The third-order valence-corrected chi connectivity index (χ3v) is 6.84. The number of ether oxygens (including phenoxy) is 1. The first kappa shape index (κ1) is 20.6. The molecule has 0 unspecified atom stereocenters. The van der Waals surface area contributed by atoms with Gasteiger partial charge in [0.05, 0.1) is 13.0 Å². The number of nitrogens with zero attached hydrogens (tertiary/aromatic N) is 2. The lowest BCUT2D eigenvalue weighted by Gasteiger charge is -2.31. The Kier molecular flexibility index (Phi) is 6.53. The first-order valence-corrected chi connectivity index (χ1v) is 10.7. The number of carbonyl (C=O) groups excluding carboxylic acids is 1. The Balaban J connectivity index is 1.72. The highest BCUT2D eigenvalue weighted by atomic mass is 35.5. The number of sulfonamides is 1. The Morgan fingerprint density at radius 1 is 1.32 bits per heavy atom. The van der Waals surface area contributed by atoms with E-state index >= 15 is 0 Å². The second-order valence-corrected chi connectivity index (χ2v) is 8.91. The highest BCUT2D eigenvalue weighted by molar-refractivity contribution is 7.89. The molecule has 1 aliphatic heterocycles. The number of hydrogen-bond acceptors (Lipinski definition) is 5. The van der Waals surface area contributed by atoms with Crippen LogP contribution in [0.15, 0.2) is 47.6 Å². The monoisotopic (exact) mass is 423 g/mol. The van der Waals surface area contributed by atoms with E-state index in [4.69, 9.17) is 16.3 Å². The van der Waals surface area contributed by atoms with E-state index in [9.17, 15) is 13.2 Å². The maximum absolute atomic E-state index is 13.1. The predicted octanol–water partition coefficient (Wildman–Crippen LogP) is 2.46. The average molecular weight is 424 g/mol. The molecule has 0 spiro atoms. The maximum Gasteiger partial charge on any atom is 0.246 e. The molecule has 0 bridgehead atoms. The van der Waals surface area contributed by atoms with Crippen LogP contribution in [0.25, 0.3) is 0 Å². The summed E-state index contributed by atoms with van der Waals surface area (Å²) in [6, 6.07) is 8.12. The van der Waals surface area contributed by atoms with Gasteiger partial charge in [0.1, 0.15) is 10.6 Å². The van der Waals surface area contributed by atoms with Gasteiger partial charge in [-0.15, -0.1) is 0 Å². The summed E-state index contributed by atoms with van der Waals surface area (Å²) in [5.74, 6) is -0.334. The van der Waals surface area contributed by atoms with Crippen LogP contribution < -0.4 is 10.1 Å². The zero-order chi connectivity index (χ0) is 20.1. The van der Waals surface area contributed by atoms with Crippen LogP contribution in [0.5, 0.6) is 5.75 Å². The molecule has 0 aliphatic carbocycles. The largest absolute Gasteiger partial charge is 0.495 e. The van der Waals surface area contributed by atoms with Crippen LogP contribution in [0.1, 0.15) is 18.4 Å². The molecule has 1 fully saturated rings. The van der Waals surface area contributed by atoms with E-state index in [2.05, 4.69) is 10.3 Å². The zero-order valence-electron chi connectivity index (χ0n) is 15.5. The van der Waals surface area contributed by atoms with Crippen LogP contribution in [-0.4, -0.2) is 43.8 Å². The highest BCUT2D eigenvalue weighted by Crippen LogP contribution is 2.31. The topological polar surface area (TPSA) is 88.6 Å². The third-order valence-electron chi connectivity index (χ3n) is 4.71. The van der Waals surface area contributed by atoms with Crippen LogP contribution in [0.4, 0.5) is 0 Å². The molecule has 1 aromatic carbocycles. The lowest BCUT2D eigenvalue weighted by Crippen LogP contribution is -2.45. The van der Waals surface area contributed by atoms with Crippen molar-refractivity contribution in [2.75, 3.05) is 20.2 Å². The van der Waals surface area contributed by atoms with Crippen molar-refractivity contribution in [3.8, 4) is 5.75 Å². The number of methoxy groups -OCH3 is 1. The molecule has 2 aromatic rings. The van der Waals surface area contributed by atoms with Gasteiger partial charge in [-0.25, -0.2) is 8.42 Å². The van der Waals surface area contributed by atoms with Crippen molar-refractivity contribution >= 4 is 27.5 Å². The zero-order valence-corrected chi connectivity index (χ0v) is 17.0. The van der Waals surface area contributed by atoms with Crippen LogP contribution in [0, 0.1) is 5.92 Å². The summed E-state index contributed by atoms with van der Waals surface area (Å²) in [4.78, 5) is 16.5. The summed E-state index contributed by atoms with van der Waals surface area (Å²) >= 11 is 5.99. The molecule has 1 N–H and O–H groups in total. The Labute approximate surface area is 169 Å². The summed E-state index contributed by atoms with van der Waals surface area (Å²) in [6.45, 7) is 0.860. The molecule has 1 atom stereocenters. The van der Waals surface area contributed by atoms with Crippen LogP contribution in [-0.2, 0) is 21.4 Å². The first-order chi connectivity index (χ1) is 13.4. The van der Waals surface area contributed by atoms with E-state index < -0.39 is 15.9 Å². The molecule has 9 heteroatoms. The highest BCUT2D eigenvalue weighted by Gasteiger charge is 2.34. The molecule has 28 heavy (non-hydrogen) atoms. The molecule has 1 aliphatic rings.